The maximum atomic E-state index is 2.41. The van der Waals surface area contributed by atoms with E-state index in [0.717, 1.165) is 5.92 Å². The molecule has 0 amide bonds. The molecule has 13 heavy (non-hydrogen) atoms. The average molecular weight is 179 g/mol. The normalized spacial score (nSPS) is 25.6. The molecule has 0 aliphatic heterocycles. The molecule has 0 N–H and O–H groups in total. The van der Waals surface area contributed by atoms with Crippen molar-refractivity contribution >= 4 is 0 Å². The van der Waals surface area contributed by atoms with E-state index in [1.54, 1.807) is 0 Å². The maximum Gasteiger partial charge on any atom is 0.0310 e. The Balaban J connectivity index is 2.74. The minimum atomic E-state index is 0.539. The molecule has 0 aromatic rings. The zero-order valence-electron chi connectivity index (χ0n) is 9.25. The average Bonchev–Trinajstić information content (AvgIpc) is 2.28. The zero-order chi connectivity index (χ0) is 9.84. The summed E-state index contributed by atoms with van der Waals surface area (Å²) in [5, 5.41) is 0. The van der Waals surface area contributed by atoms with Gasteiger partial charge in [-0.05, 0) is 45.4 Å². The first-order chi connectivity index (χ1) is 6.11. The van der Waals surface area contributed by atoms with Gasteiger partial charge in [0, 0.05) is 6.04 Å². The summed E-state index contributed by atoms with van der Waals surface area (Å²) in [5.74, 6) is 0.729. The number of likely N-dealkylation sites (N-methyl/N-ethyl adjacent to an activating group) is 1. The van der Waals surface area contributed by atoms with Crippen LogP contribution < -0.4 is 0 Å². The molecular formula is C12H21N. The summed E-state index contributed by atoms with van der Waals surface area (Å²) in [5.41, 5.74) is 1.47. The Morgan fingerprint density at radius 1 is 1.46 bits per heavy atom. The molecule has 1 unspecified atom stereocenters. The summed E-state index contributed by atoms with van der Waals surface area (Å²) in [6.07, 6.45) is 9.51. The van der Waals surface area contributed by atoms with E-state index in [-0.39, 0.29) is 0 Å². The molecule has 0 aromatic heterocycles. The predicted octanol–water partition coefficient (Wildman–Crippen LogP) is 2.85. The van der Waals surface area contributed by atoms with Crippen molar-refractivity contribution in [2.75, 3.05) is 14.1 Å². The number of rotatable bonds is 2. The Bertz CT molecular complexity index is 213. The van der Waals surface area contributed by atoms with Gasteiger partial charge in [0.25, 0.3) is 0 Å². The van der Waals surface area contributed by atoms with Gasteiger partial charge >= 0.3 is 0 Å². The van der Waals surface area contributed by atoms with Gasteiger partial charge in [0.1, 0.15) is 0 Å². The molecule has 2 atom stereocenters. The highest BCUT2D eigenvalue weighted by Gasteiger charge is 2.11. The van der Waals surface area contributed by atoms with E-state index in [2.05, 4.69) is 51.1 Å². The molecule has 1 heteroatoms. The summed E-state index contributed by atoms with van der Waals surface area (Å²) in [7, 11) is 4.27. The third-order valence-corrected chi connectivity index (χ3v) is 2.83. The number of nitrogens with zero attached hydrogens (tertiary/aromatic N) is 1. The first-order valence-electron chi connectivity index (χ1n) is 5.16. The molecule has 1 aliphatic rings. The smallest absolute Gasteiger partial charge is 0.0310 e. The molecule has 0 saturated heterocycles. The van der Waals surface area contributed by atoms with Crippen molar-refractivity contribution in [1.29, 1.82) is 0 Å². The van der Waals surface area contributed by atoms with Crippen LogP contribution in [0.4, 0.5) is 0 Å². The van der Waals surface area contributed by atoms with E-state index < -0.39 is 0 Å². The Kier molecular flexibility index (Phi) is 3.73. The third kappa shape index (κ3) is 3.00. The minimum Gasteiger partial charge on any atom is -0.303 e. The van der Waals surface area contributed by atoms with Gasteiger partial charge in [-0.25, -0.2) is 0 Å². The molecule has 74 valence electrons. The van der Waals surface area contributed by atoms with E-state index >= 15 is 0 Å². The van der Waals surface area contributed by atoms with Crippen molar-refractivity contribution in [1.82, 2.24) is 4.90 Å². The lowest BCUT2D eigenvalue weighted by molar-refractivity contribution is 0.353. The van der Waals surface area contributed by atoms with E-state index in [1.165, 1.54) is 18.4 Å². The van der Waals surface area contributed by atoms with Gasteiger partial charge in [-0.15, -0.1) is 0 Å². The van der Waals surface area contributed by atoms with Crippen LogP contribution in [0.1, 0.15) is 26.7 Å². The molecule has 1 rings (SSSR count). The lowest BCUT2D eigenvalue weighted by atomic mass is 10.0. The van der Waals surface area contributed by atoms with Gasteiger partial charge in [-0.1, -0.05) is 25.2 Å². The fourth-order valence-corrected chi connectivity index (χ4v) is 1.62. The lowest BCUT2D eigenvalue weighted by Crippen LogP contribution is -2.26. The fraction of sp³-hybridized carbons (Fsp3) is 0.667. The highest BCUT2D eigenvalue weighted by molar-refractivity contribution is 5.26. The second kappa shape index (κ2) is 4.61. The first-order valence-corrected chi connectivity index (χ1v) is 5.16. The molecule has 0 radical (unpaired) electrons. The zero-order valence-corrected chi connectivity index (χ0v) is 9.25. The molecule has 1 nitrogen and oxygen atoms in total. The number of hydrogen-bond acceptors (Lipinski definition) is 1. The van der Waals surface area contributed by atoms with Crippen LogP contribution in [0, 0.1) is 5.92 Å². The van der Waals surface area contributed by atoms with Crippen LogP contribution in [-0.2, 0) is 0 Å². The van der Waals surface area contributed by atoms with Crippen LogP contribution >= 0.6 is 0 Å². The van der Waals surface area contributed by atoms with E-state index in [0.29, 0.717) is 6.04 Å². The Hall–Kier alpha value is -0.560. The van der Waals surface area contributed by atoms with Gasteiger partial charge < -0.3 is 4.90 Å². The van der Waals surface area contributed by atoms with Gasteiger partial charge in [0.05, 0.1) is 0 Å². The van der Waals surface area contributed by atoms with Crippen LogP contribution in [-0.4, -0.2) is 25.0 Å². The van der Waals surface area contributed by atoms with Crippen molar-refractivity contribution in [3.8, 4) is 0 Å². The van der Waals surface area contributed by atoms with Crippen LogP contribution in [0.5, 0.6) is 0 Å². The van der Waals surface area contributed by atoms with Crippen LogP contribution in [0.25, 0.3) is 0 Å². The van der Waals surface area contributed by atoms with Crippen molar-refractivity contribution in [3.05, 3.63) is 23.8 Å². The van der Waals surface area contributed by atoms with E-state index in [9.17, 15) is 0 Å². The van der Waals surface area contributed by atoms with Crippen LogP contribution in [0.2, 0.25) is 0 Å². The van der Waals surface area contributed by atoms with Crippen molar-refractivity contribution < 1.29 is 0 Å². The molecule has 1 aliphatic carbocycles. The van der Waals surface area contributed by atoms with Gasteiger partial charge in [-0.2, -0.15) is 0 Å². The fourth-order valence-electron chi connectivity index (χ4n) is 1.62. The van der Waals surface area contributed by atoms with E-state index in [1.807, 2.05) is 0 Å². The Morgan fingerprint density at radius 2 is 2.15 bits per heavy atom. The third-order valence-electron chi connectivity index (χ3n) is 2.83. The second-order valence-electron chi connectivity index (χ2n) is 4.26. The molecular weight excluding hydrogens is 158 g/mol. The standard InChI is InChI=1S/C12H21N/c1-10-7-5-6-8-12(9-10)11(2)13(3)4/h6,8-11H,5,7H2,1-4H3/t10-,11?/m0/s1. The Morgan fingerprint density at radius 3 is 2.77 bits per heavy atom. The minimum absolute atomic E-state index is 0.539. The molecule has 0 heterocycles. The first kappa shape index (κ1) is 10.5. The molecule has 0 saturated carbocycles. The van der Waals surface area contributed by atoms with Crippen molar-refractivity contribution in [3.63, 3.8) is 0 Å². The van der Waals surface area contributed by atoms with Gasteiger partial charge in [0.2, 0.25) is 0 Å². The van der Waals surface area contributed by atoms with Crippen LogP contribution in [0.3, 0.4) is 0 Å². The second-order valence-corrected chi connectivity index (χ2v) is 4.26. The highest BCUT2D eigenvalue weighted by Crippen LogP contribution is 2.19. The summed E-state index contributed by atoms with van der Waals surface area (Å²) in [4.78, 5) is 2.26. The summed E-state index contributed by atoms with van der Waals surface area (Å²) >= 11 is 0. The SMILES string of the molecule is CC(C1=C[C@@H](C)CCC=C1)N(C)C. The maximum absolute atomic E-state index is 2.41. The molecule has 0 fully saturated rings. The molecule has 0 bridgehead atoms. The largest absolute Gasteiger partial charge is 0.303 e. The quantitative estimate of drug-likeness (QED) is 0.630. The molecule has 0 spiro atoms. The Labute approximate surface area is 82.1 Å². The van der Waals surface area contributed by atoms with Gasteiger partial charge in [-0.3, -0.25) is 0 Å². The monoisotopic (exact) mass is 179 g/mol. The highest BCUT2D eigenvalue weighted by atomic mass is 15.1. The van der Waals surface area contributed by atoms with Gasteiger partial charge in [0.15, 0.2) is 0 Å². The summed E-state index contributed by atoms with van der Waals surface area (Å²) in [6.45, 7) is 4.56. The molecule has 0 aromatic carbocycles. The van der Waals surface area contributed by atoms with Crippen LogP contribution in [0.15, 0.2) is 23.8 Å². The number of allylic oxidation sites excluding steroid dienone is 2. The topological polar surface area (TPSA) is 3.24 Å². The van der Waals surface area contributed by atoms with E-state index in [4.69, 9.17) is 0 Å². The summed E-state index contributed by atoms with van der Waals surface area (Å²) in [6, 6.07) is 0.539. The van der Waals surface area contributed by atoms with Crippen molar-refractivity contribution in [2.24, 2.45) is 5.92 Å². The lowest BCUT2D eigenvalue weighted by Gasteiger charge is -2.21. The number of hydrogen-bond donors (Lipinski definition) is 0. The van der Waals surface area contributed by atoms with Crippen molar-refractivity contribution in [2.45, 2.75) is 32.7 Å². The predicted molar refractivity (Wildman–Crippen MR) is 58.8 cm³/mol. The summed E-state index contributed by atoms with van der Waals surface area (Å²) < 4.78 is 0.